The van der Waals surface area contributed by atoms with E-state index in [0.717, 1.165) is 25.9 Å². The Bertz CT molecular complexity index is 386. The van der Waals surface area contributed by atoms with E-state index < -0.39 is 5.97 Å². The first kappa shape index (κ1) is 12.6. The van der Waals surface area contributed by atoms with Gasteiger partial charge in [0.15, 0.2) is 0 Å². The Labute approximate surface area is 106 Å². The van der Waals surface area contributed by atoms with Crippen molar-refractivity contribution >= 4 is 17.3 Å². The van der Waals surface area contributed by atoms with Gasteiger partial charge >= 0.3 is 5.97 Å². The molecule has 1 fully saturated rings. The van der Waals surface area contributed by atoms with Crippen molar-refractivity contribution in [3.05, 3.63) is 22.4 Å². The van der Waals surface area contributed by atoms with Crippen LogP contribution in [0.15, 0.2) is 17.5 Å². The van der Waals surface area contributed by atoms with Crippen LogP contribution in [0.25, 0.3) is 0 Å². The van der Waals surface area contributed by atoms with Gasteiger partial charge in [-0.15, -0.1) is 11.3 Å². The van der Waals surface area contributed by atoms with Crippen LogP contribution in [-0.2, 0) is 11.3 Å². The molecular weight excluding hydrogens is 234 g/mol. The van der Waals surface area contributed by atoms with Gasteiger partial charge in [-0.25, -0.2) is 0 Å². The lowest BCUT2D eigenvalue weighted by Gasteiger charge is -2.43. The molecule has 1 aromatic rings. The fourth-order valence-electron chi connectivity index (χ4n) is 2.76. The second kappa shape index (κ2) is 4.78. The summed E-state index contributed by atoms with van der Waals surface area (Å²) >= 11 is 1.70. The Morgan fingerprint density at radius 2 is 2.41 bits per heavy atom. The number of rotatable bonds is 3. The molecule has 0 spiro atoms. The zero-order chi connectivity index (χ0) is 12.5. The molecule has 0 saturated carbocycles. The van der Waals surface area contributed by atoms with Crippen molar-refractivity contribution in [1.29, 1.82) is 0 Å². The summed E-state index contributed by atoms with van der Waals surface area (Å²) < 4.78 is 0. The molecule has 3 nitrogen and oxygen atoms in total. The van der Waals surface area contributed by atoms with Gasteiger partial charge < -0.3 is 5.11 Å². The van der Waals surface area contributed by atoms with Crippen LogP contribution in [0.1, 0.15) is 31.6 Å². The van der Waals surface area contributed by atoms with E-state index in [1.165, 1.54) is 4.88 Å². The predicted molar refractivity (Wildman–Crippen MR) is 69.2 cm³/mol. The second-order valence-corrected chi connectivity index (χ2v) is 6.41. The van der Waals surface area contributed by atoms with Crippen LogP contribution in [0.4, 0.5) is 0 Å². The SMILES string of the molecule is CC1(C)CCCN(Cc2cccs2)C1C(=O)O. The van der Waals surface area contributed by atoms with Crippen LogP contribution >= 0.6 is 11.3 Å². The van der Waals surface area contributed by atoms with Gasteiger partial charge in [-0.1, -0.05) is 19.9 Å². The minimum absolute atomic E-state index is 0.138. The average molecular weight is 253 g/mol. The third kappa shape index (κ3) is 2.69. The van der Waals surface area contributed by atoms with E-state index in [4.69, 9.17) is 0 Å². The maximum atomic E-state index is 11.5. The number of piperidine rings is 1. The molecule has 1 aromatic heterocycles. The number of carboxylic acids is 1. The summed E-state index contributed by atoms with van der Waals surface area (Å²) in [6.07, 6.45) is 2.08. The number of likely N-dealkylation sites (tertiary alicyclic amines) is 1. The van der Waals surface area contributed by atoms with Gasteiger partial charge in [0.2, 0.25) is 0 Å². The Morgan fingerprint density at radius 3 is 3.00 bits per heavy atom. The van der Waals surface area contributed by atoms with E-state index in [9.17, 15) is 9.90 Å². The lowest BCUT2D eigenvalue weighted by molar-refractivity contribution is -0.151. The topological polar surface area (TPSA) is 40.5 Å². The standard InChI is InChI=1S/C13H19NO2S/c1-13(2)6-4-7-14(11(13)12(15)16)9-10-5-3-8-17-10/h3,5,8,11H,4,6-7,9H2,1-2H3,(H,15,16). The average Bonchev–Trinajstić information content (AvgIpc) is 2.68. The zero-order valence-electron chi connectivity index (χ0n) is 10.3. The molecule has 17 heavy (non-hydrogen) atoms. The summed E-state index contributed by atoms with van der Waals surface area (Å²) in [7, 11) is 0. The van der Waals surface area contributed by atoms with Crippen molar-refractivity contribution in [3.8, 4) is 0 Å². The molecule has 2 rings (SSSR count). The van der Waals surface area contributed by atoms with Gasteiger partial charge in [0.05, 0.1) is 0 Å². The Hall–Kier alpha value is -0.870. The van der Waals surface area contributed by atoms with Crippen LogP contribution in [0.2, 0.25) is 0 Å². The minimum Gasteiger partial charge on any atom is -0.480 e. The molecule has 0 radical (unpaired) electrons. The van der Waals surface area contributed by atoms with Crippen molar-refractivity contribution in [1.82, 2.24) is 4.90 Å². The van der Waals surface area contributed by atoms with Crippen molar-refractivity contribution in [3.63, 3.8) is 0 Å². The van der Waals surface area contributed by atoms with Gasteiger partial charge in [0, 0.05) is 11.4 Å². The highest BCUT2D eigenvalue weighted by Crippen LogP contribution is 2.36. The number of nitrogens with zero attached hydrogens (tertiary/aromatic N) is 1. The molecule has 0 aliphatic carbocycles. The van der Waals surface area contributed by atoms with Gasteiger partial charge in [-0.05, 0) is 36.2 Å². The second-order valence-electron chi connectivity index (χ2n) is 5.38. The summed E-state index contributed by atoms with van der Waals surface area (Å²) in [6.45, 7) is 5.77. The zero-order valence-corrected chi connectivity index (χ0v) is 11.2. The predicted octanol–water partition coefficient (Wildman–Crippen LogP) is 2.82. The summed E-state index contributed by atoms with van der Waals surface area (Å²) in [5.74, 6) is -0.689. The molecule has 1 atom stereocenters. The van der Waals surface area contributed by atoms with E-state index in [1.807, 2.05) is 11.4 Å². The molecule has 1 unspecified atom stereocenters. The first-order valence-electron chi connectivity index (χ1n) is 6.00. The maximum absolute atomic E-state index is 11.5. The monoisotopic (exact) mass is 253 g/mol. The Morgan fingerprint density at radius 1 is 1.65 bits per heavy atom. The third-order valence-electron chi connectivity index (χ3n) is 3.54. The van der Waals surface area contributed by atoms with E-state index >= 15 is 0 Å². The molecule has 1 saturated heterocycles. The fraction of sp³-hybridized carbons (Fsp3) is 0.615. The first-order valence-corrected chi connectivity index (χ1v) is 6.88. The quantitative estimate of drug-likeness (QED) is 0.900. The number of thiophene rings is 1. The first-order chi connectivity index (χ1) is 8.00. The van der Waals surface area contributed by atoms with Crippen LogP contribution in [-0.4, -0.2) is 28.6 Å². The molecule has 4 heteroatoms. The minimum atomic E-state index is -0.689. The van der Waals surface area contributed by atoms with Gasteiger partial charge in [-0.2, -0.15) is 0 Å². The summed E-state index contributed by atoms with van der Waals surface area (Å²) in [4.78, 5) is 14.8. The van der Waals surface area contributed by atoms with Crippen LogP contribution in [0.3, 0.4) is 0 Å². The van der Waals surface area contributed by atoms with Crippen molar-refractivity contribution in [2.24, 2.45) is 5.41 Å². The number of hydrogen-bond donors (Lipinski definition) is 1. The van der Waals surface area contributed by atoms with Crippen molar-refractivity contribution in [2.75, 3.05) is 6.54 Å². The summed E-state index contributed by atoms with van der Waals surface area (Å²) in [5, 5.41) is 11.5. The van der Waals surface area contributed by atoms with E-state index in [1.54, 1.807) is 11.3 Å². The Balaban J connectivity index is 2.16. The number of hydrogen-bond acceptors (Lipinski definition) is 3. The normalized spacial score (nSPS) is 24.7. The summed E-state index contributed by atoms with van der Waals surface area (Å²) in [5.41, 5.74) is -0.138. The Kier molecular flexibility index (Phi) is 3.54. The maximum Gasteiger partial charge on any atom is 0.321 e. The smallest absolute Gasteiger partial charge is 0.321 e. The van der Waals surface area contributed by atoms with Gasteiger partial charge in [0.25, 0.3) is 0 Å². The molecule has 0 amide bonds. The molecule has 0 bridgehead atoms. The number of carboxylic acid groups (broad SMARTS) is 1. The van der Waals surface area contributed by atoms with E-state index in [-0.39, 0.29) is 11.5 Å². The fourth-order valence-corrected chi connectivity index (χ4v) is 3.49. The lowest BCUT2D eigenvalue weighted by Crippen LogP contribution is -2.53. The molecule has 1 N–H and O–H groups in total. The lowest BCUT2D eigenvalue weighted by atomic mass is 9.76. The molecular formula is C13H19NO2S. The number of carbonyl (C=O) groups is 1. The third-order valence-corrected chi connectivity index (χ3v) is 4.41. The molecule has 1 aliphatic rings. The summed E-state index contributed by atoms with van der Waals surface area (Å²) in [6, 6.07) is 3.73. The molecule has 94 valence electrons. The molecule has 1 aliphatic heterocycles. The van der Waals surface area contributed by atoms with Crippen LogP contribution < -0.4 is 0 Å². The molecule has 2 heterocycles. The van der Waals surface area contributed by atoms with Crippen molar-refractivity contribution < 1.29 is 9.90 Å². The van der Waals surface area contributed by atoms with Crippen LogP contribution in [0.5, 0.6) is 0 Å². The van der Waals surface area contributed by atoms with E-state index in [0.29, 0.717) is 0 Å². The van der Waals surface area contributed by atoms with E-state index in [2.05, 4.69) is 24.8 Å². The highest BCUT2D eigenvalue weighted by atomic mass is 32.1. The molecule has 0 aromatic carbocycles. The van der Waals surface area contributed by atoms with Crippen molar-refractivity contribution in [2.45, 2.75) is 39.3 Å². The highest BCUT2D eigenvalue weighted by molar-refractivity contribution is 7.09. The van der Waals surface area contributed by atoms with Crippen LogP contribution in [0, 0.1) is 5.41 Å². The number of aliphatic carboxylic acids is 1. The highest BCUT2D eigenvalue weighted by Gasteiger charge is 2.42. The largest absolute Gasteiger partial charge is 0.480 e. The van der Waals surface area contributed by atoms with Gasteiger partial charge in [-0.3, -0.25) is 9.69 Å². The van der Waals surface area contributed by atoms with Gasteiger partial charge in [0.1, 0.15) is 6.04 Å².